The Morgan fingerprint density at radius 2 is 2.05 bits per heavy atom. The van der Waals surface area contributed by atoms with Crippen molar-refractivity contribution in [2.24, 2.45) is 0 Å². The van der Waals surface area contributed by atoms with E-state index in [1.807, 2.05) is 38.1 Å². The molecule has 1 amide bonds. The van der Waals surface area contributed by atoms with Crippen LogP contribution >= 0.6 is 0 Å². The van der Waals surface area contributed by atoms with Gasteiger partial charge in [-0.15, -0.1) is 0 Å². The van der Waals surface area contributed by atoms with Crippen LogP contribution in [0.4, 0.5) is 5.69 Å². The molecule has 0 fully saturated rings. The van der Waals surface area contributed by atoms with Crippen LogP contribution in [0.25, 0.3) is 0 Å². The van der Waals surface area contributed by atoms with Crippen molar-refractivity contribution in [3.05, 3.63) is 24.3 Å². The number of nitrogens with one attached hydrogen (secondary N) is 2. The first kappa shape index (κ1) is 15.5. The minimum atomic E-state index is -0.0398. The molecule has 0 aromatic heterocycles. The number of ether oxygens (including phenoxy) is 1. The van der Waals surface area contributed by atoms with Gasteiger partial charge in [-0.2, -0.15) is 0 Å². The van der Waals surface area contributed by atoms with Gasteiger partial charge in [0.15, 0.2) is 0 Å². The molecule has 1 rings (SSSR count). The van der Waals surface area contributed by atoms with Crippen molar-refractivity contribution < 1.29 is 9.53 Å². The quantitative estimate of drug-likeness (QED) is 0.796. The van der Waals surface area contributed by atoms with Crippen molar-refractivity contribution in [3.8, 4) is 5.75 Å². The zero-order chi connectivity index (χ0) is 14.3. The third-order valence-corrected chi connectivity index (χ3v) is 2.71. The second-order valence-corrected chi connectivity index (χ2v) is 4.93. The molecule has 19 heavy (non-hydrogen) atoms. The number of hydrogen-bond acceptors (Lipinski definition) is 3. The molecule has 1 aromatic carbocycles. The normalized spacial score (nSPS) is 12.3. The predicted molar refractivity (Wildman–Crippen MR) is 78.6 cm³/mol. The number of carbonyl (C=O) groups excluding carboxylic acids is 1. The minimum Gasteiger partial charge on any atom is -0.491 e. The lowest BCUT2D eigenvalue weighted by molar-refractivity contribution is -0.115. The van der Waals surface area contributed by atoms with Crippen LogP contribution in [0.15, 0.2) is 24.3 Å². The predicted octanol–water partition coefficient (Wildman–Crippen LogP) is 2.80. The largest absolute Gasteiger partial charge is 0.491 e. The highest BCUT2D eigenvalue weighted by Gasteiger charge is 2.05. The van der Waals surface area contributed by atoms with Crippen LogP contribution in [0.2, 0.25) is 0 Å². The molecule has 0 heterocycles. The van der Waals surface area contributed by atoms with E-state index < -0.39 is 0 Å². The summed E-state index contributed by atoms with van der Waals surface area (Å²) >= 11 is 0. The number of anilines is 1. The van der Waals surface area contributed by atoms with E-state index in [4.69, 9.17) is 4.74 Å². The molecular formula is C15H24N2O2. The van der Waals surface area contributed by atoms with E-state index in [2.05, 4.69) is 24.5 Å². The first-order valence-electron chi connectivity index (χ1n) is 6.81. The number of hydrogen-bond donors (Lipinski definition) is 2. The number of rotatable bonds is 7. The van der Waals surface area contributed by atoms with Crippen LogP contribution in [0.5, 0.6) is 5.75 Å². The summed E-state index contributed by atoms with van der Waals surface area (Å²) in [6.07, 6.45) is 1.13. The average Bonchev–Trinajstić information content (AvgIpc) is 2.35. The Bertz CT molecular complexity index is 405. The molecule has 1 unspecified atom stereocenters. The van der Waals surface area contributed by atoms with Gasteiger partial charge in [0, 0.05) is 17.8 Å². The Balaban J connectivity index is 2.49. The number of amides is 1. The molecular weight excluding hydrogens is 240 g/mol. The third-order valence-electron chi connectivity index (χ3n) is 2.71. The van der Waals surface area contributed by atoms with Crippen LogP contribution in [0.1, 0.15) is 34.1 Å². The molecule has 0 spiro atoms. The van der Waals surface area contributed by atoms with Gasteiger partial charge in [-0.3, -0.25) is 4.79 Å². The summed E-state index contributed by atoms with van der Waals surface area (Å²) in [5.41, 5.74) is 0.758. The summed E-state index contributed by atoms with van der Waals surface area (Å²) < 4.78 is 5.59. The van der Waals surface area contributed by atoms with Gasteiger partial charge in [-0.1, -0.05) is 13.0 Å². The molecule has 0 radical (unpaired) electrons. The zero-order valence-corrected chi connectivity index (χ0v) is 12.2. The molecule has 0 saturated heterocycles. The summed E-state index contributed by atoms with van der Waals surface area (Å²) in [7, 11) is 0. The molecule has 1 atom stereocenters. The van der Waals surface area contributed by atoms with Gasteiger partial charge in [0.25, 0.3) is 0 Å². The van der Waals surface area contributed by atoms with Gasteiger partial charge in [-0.05, 0) is 39.3 Å². The van der Waals surface area contributed by atoms with Crippen LogP contribution in [0, 0.1) is 0 Å². The summed E-state index contributed by atoms with van der Waals surface area (Å²) in [6.45, 7) is 8.42. The van der Waals surface area contributed by atoms with Crippen LogP contribution < -0.4 is 15.4 Å². The molecule has 0 aliphatic heterocycles. The van der Waals surface area contributed by atoms with E-state index in [0.29, 0.717) is 12.6 Å². The maximum Gasteiger partial charge on any atom is 0.238 e. The molecule has 106 valence electrons. The minimum absolute atomic E-state index is 0.0398. The number of benzene rings is 1. The van der Waals surface area contributed by atoms with Crippen molar-refractivity contribution in [2.75, 3.05) is 11.9 Å². The Morgan fingerprint density at radius 1 is 1.32 bits per heavy atom. The highest BCUT2D eigenvalue weighted by molar-refractivity contribution is 5.92. The fourth-order valence-electron chi connectivity index (χ4n) is 1.54. The van der Waals surface area contributed by atoms with Crippen molar-refractivity contribution in [1.29, 1.82) is 0 Å². The van der Waals surface area contributed by atoms with Gasteiger partial charge in [-0.25, -0.2) is 0 Å². The lowest BCUT2D eigenvalue weighted by Crippen LogP contribution is -2.33. The van der Waals surface area contributed by atoms with Crippen molar-refractivity contribution >= 4 is 11.6 Å². The van der Waals surface area contributed by atoms with Gasteiger partial charge >= 0.3 is 0 Å². The second kappa shape index (κ2) is 7.79. The molecule has 4 heteroatoms. The Hall–Kier alpha value is -1.55. The van der Waals surface area contributed by atoms with E-state index in [0.717, 1.165) is 17.9 Å². The highest BCUT2D eigenvalue weighted by Crippen LogP contribution is 2.18. The lowest BCUT2D eigenvalue weighted by atomic mass is 10.2. The second-order valence-electron chi connectivity index (χ2n) is 4.93. The Labute approximate surface area is 115 Å². The highest BCUT2D eigenvalue weighted by atomic mass is 16.5. The van der Waals surface area contributed by atoms with Crippen molar-refractivity contribution in [3.63, 3.8) is 0 Å². The van der Waals surface area contributed by atoms with Crippen LogP contribution in [-0.2, 0) is 4.79 Å². The first-order chi connectivity index (χ1) is 9.01. The molecule has 0 aliphatic carbocycles. The standard InChI is InChI=1S/C15H24N2O2/c1-5-12(4)16-10-15(18)17-13-7-6-8-14(9-13)19-11(2)3/h6-9,11-12,16H,5,10H2,1-4H3,(H,17,18). The van der Waals surface area contributed by atoms with Crippen LogP contribution in [-0.4, -0.2) is 24.6 Å². The first-order valence-corrected chi connectivity index (χ1v) is 6.81. The SMILES string of the molecule is CCC(C)NCC(=O)Nc1cccc(OC(C)C)c1. The van der Waals surface area contributed by atoms with Gasteiger partial charge in [0.2, 0.25) is 5.91 Å². The molecule has 1 aromatic rings. The summed E-state index contributed by atoms with van der Waals surface area (Å²) in [5.74, 6) is 0.727. The van der Waals surface area contributed by atoms with E-state index in [1.54, 1.807) is 0 Å². The molecule has 0 saturated carbocycles. The third kappa shape index (κ3) is 6.25. The van der Waals surface area contributed by atoms with E-state index in [9.17, 15) is 4.79 Å². The maximum absolute atomic E-state index is 11.8. The van der Waals surface area contributed by atoms with Crippen LogP contribution in [0.3, 0.4) is 0 Å². The Kier molecular flexibility index (Phi) is 6.36. The topological polar surface area (TPSA) is 50.4 Å². The van der Waals surface area contributed by atoms with Gasteiger partial charge in [0.05, 0.1) is 12.6 Å². The smallest absolute Gasteiger partial charge is 0.238 e. The lowest BCUT2D eigenvalue weighted by Gasteiger charge is -2.13. The molecule has 0 bridgehead atoms. The van der Waals surface area contributed by atoms with E-state index in [1.165, 1.54) is 0 Å². The zero-order valence-electron chi connectivity index (χ0n) is 12.2. The summed E-state index contributed by atoms with van der Waals surface area (Å²) in [5, 5.41) is 6.01. The maximum atomic E-state index is 11.8. The average molecular weight is 264 g/mol. The summed E-state index contributed by atoms with van der Waals surface area (Å²) in [6, 6.07) is 7.79. The van der Waals surface area contributed by atoms with Gasteiger partial charge in [0.1, 0.15) is 5.75 Å². The van der Waals surface area contributed by atoms with E-state index in [-0.39, 0.29) is 12.0 Å². The fourth-order valence-corrected chi connectivity index (χ4v) is 1.54. The van der Waals surface area contributed by atoms with Crippen molar-refractivity contribution in [2.45, 2.75) is 46.3 Å². The Morgan fingerprint density at radius 3 is 2.68 bits per heavy atom. The fraction of sp³-hybridized carbons (Fsp3) is 0.533. The van der Waals surface area contributed by atoms with E-state index >= 15 is 0 Å². The summed E-state index contributed by atoms with van der Waals surface area (Å²) in [4.78, 5) is 11.8. The molecule has 4 nitrogen and oxygen atoms in total. The molecule has 0 aliphatic rings. The number of carbonyl (C=O) groups is 1. The van der Waals surface area contributed by atoms with Gasteiger partial charge < -0.3 is 15.4 Å². The monoisotopic (exact) mass is 264 g/mol. The van der Waals surface area contributed by atoms with Crippen molar-refractivity contribution in [1.82, 2.24) is 5.32 Å². The molecule has 2 N–H and O–H groups in total.